The average molecular weight is 514 g/mol. The maximum Gasteiger partial charge on any atom is 0.273 e. The zero-order chi connectivity index (χ0) is 24.7. The Morgan fingerprint density at radius 1 is 1.28 bits per heavy atom. The third-order valence-electron chi connectivity index (χ3n) is 8.83. The number of fused-ring (bicyclic) bond motifs is 2. The van der Waals surface area contributed by atoms with Gasteiger partial charge in [0.2, 0.25) is 0 Å². The van der Waals surface area contributed by atoms with E-state index in [0.29, 0.717) is 17.7 Å². The predicted octanol–water partition coefficient (Wildman–Crippen LogP) is 3.71. The summed E-state index contributed by atoms with van der Waals surface area (Å²) in [6, 6.07) is 3.46. The first-order chi connectivity index (χ1) is 17.5. The molecule has 1 N–H and O–H groups in total. The van der Waals surface area contributed by atoms with Crippen LogP contribution in [0, 0.1) is 5.92 Å². The van der Waals surface area contributed by atoms with Crippen molar-refractivity contribution in [3.63, 3.8) is 0 Å². The second-order valence-electron chi connectivity index (χ2n) is 11.2. The van der Waals surface area contributed by atoms with E-state index in [0.717, 1.165) is 84.3 Å². The van der Waals surface area contributed by atoms with Crippen LogP contribution in [0.15, 0.2) is 12.3 Å². The van der Waals surface area contributed by atoms with Crippen molar-refractivity contribution in [2.45, 2.75) is 88.9 Å². The lowest BCUT2D eigenvalue weighted by Crippen LogP contribution is -2.54. The number of likely N-dealkylation sites (tertiary alicyclic amines) is 1. The van der Waals surface area contributed by atoms with Gasteiger partial charge in [0.25, 0.3) is 5.91 Å². The van der Waals surface area contributed by atoms with Gasteiger partial charge in [0, 0.05) is 54.6 Å². The van der Waals surface area contributed by atoms with Crippen molar-refractivity contribution >= 4 is 17.2 Å². The van der Waals surface area contributed by atoms with Crippen LogP contribution in [-0.4, -0.2) is 70.8 Å². The summed E-state index contributed by atoms with van der Waals surface area (Å²) in [5, 5.41) is 11.5. The number of nitrogens with one attached hydrogen (secondary N) is 1. The zero-order valence-electron chi connectivity index (χ0n) is 21.6. The quantitative estimate of drug-likeness (QED) is 0.634. The molecule has 3 aliphatic heterocycles. The van der Waals surface area contributed by atoms with Crippen LogP contribution >= 0.6 is 11.3 Å². The molecule has 1 amide bonds. The van der Waals surface area contributed by atoms with Crippen molar-refractivity contribution in [3.8, 4) is 0 Å². The van der Waals surface area contributed by atoms with Crippen LogP contribution in [0.2, 0.25) is 0 Å². The molecule has 2 aromatic rings. The molecule has 1 spiro atoms. The first-order valence-corrected chi connectivity index (χ1v) is 14.6. The highest BCUT2D eigenvalue weighted by Crippen LogP contribution is 2.46. The van der Waals surface area contributed by atoms with E-state index in [1.807, 2.05) is 16.0 Å². The Bertz CT molecular complexity index is 1070. The third kappa shape index (κ3) is 4.75. The molecule has 2 aromatic heterocycles. The van der Waals surface area contributed by atoms with E-state index >= 15 is 0 Å². The highest BCUT2D eigenvalue weighted by atomic mass is 32.1. The minimum absolute atomic E-state index is 0.0777. The monoisotopic (exact) mass is 513 g/mol. The number of hydrogen-bond acceptors (Lipinski definition) is 7. The Morgan fingerprint density at radius 2 is 2.11 bits per heavy atom. The van der Waals surface area contributed by atoms with Crippen molar-refractivity contribution in [2.75, 3.05) is 32.9 Å². The van der Waals surface area contributed by atoms with Gasteiger partial charge >= 0.3 is 0 Å². The summed E-state index contributed by atoms with van der Waals surface area (Å²) >= 11 is 2.00. The Kier molecular flexibility index (Phi) is 6.92. The molecule has 2 saturated heterocycles. The number of carbonyl (C=O) groups is 1. The highest BCUT2D eigenvalue weighted by Gasteiger charge is 2.45. The molecule has 0 unspecified atom stereocenters. The summed E-state index contributed by atoms with van der Waals surface area (Å²) in [5.74, 6) is 0.540. The largest absolute Gasteiger partial charge is 0.381 e. The molecule has 36 heavy (non-hydrogen) atoms. The number of thiophene rings is 1. The van der Waals surface area contributed by atoms with Crippen LogP contribution in [0.25, 0.3) is 0 Å². The second-order valence-corrected chi connectivity index (χ2v) is 12.5. The number of carbonyl (C=O) groups excluding carboxylic acids is 1. The van der Waals surface area contributed by atoms with Crippen molar-refractivity contribution in [3.05, 3.63) is 33.3 Å². The zero-order valence-corrected chi connectivity index (χ0v) is 22.4. The lowest BCUT2D eigenvalue weighted by atomic mass is 9.76. The van der Waals surface area contributed by atoms with Gasteiger partial charge in [0.1, 0.15) is 0 Å². The van der Waals surface area contributed by atoms with Crippen molar-refractivity contribution in [1.29, 1.82) is 0 Å². The number of aromatic nitrogens is 3. The van der Waals surface area contributed by atoms with Gasteiger partial charge in [-0.3, -0.25) is 4.79 Å². The first kappa shape index (κ1) is 24.5. The maximum atomic E-state index is 12.7. The van der Waals surface area contributed by atoms with Crippen LogP contribution in [0.4, 0.5) is 0 Å². The van der Waals surface area contributed by atoms with Gasteiger partial charge in [-0.15, -0.1) is 16.4 Å². The smallest absolute Gasteiger partial charge is 0.273 e. The Hall–Kier alpha value is -1.81. The summed E-state index contributed by atoms with van der Waals surface area (Å²) in [4.78, 5) is 18.4. The fourth-order valence-corrected chi connectivity index (χ4v) is 7.83. The molecule has 0 aromatic carbocycles. The van der Waals surface area contributed by atoms with Crippen LogP contribution in [0.5, 0.6) is 0 Å². The molecular formula is C27H39N5O3S. The molecular weight excluding hydrogens is 474 g/mol. The summed E-state index contributed by atoms with van der Waals surface area (Å²) in [7, 11) is 0. The molecule has 6 rings (SSSR count). The molecule has 9 heteroatoms. The summed E-state index contributed by atoms with van der Waals surface area (Å²) in [6.45, 7) is 9.16. The van der Waals surface area contributed by atoms with E-state index < -0.39 is 0 Å². The van der Waals surface area contributed by atoms with Gasteiger partial charge in [-0.2, -0.15) is 0 Å². The molecule has 196 valence electrons. The fourth-order valence-electron chi connectivity index (χ4n) is 6.65. The van der Waals surface area contributed by atoms with Crippen LogP contribution < -0.4 is 5.32 Å². The lowest BCUT2D eigenvalue weighted by Gasteiger charge is -2.49. The third-order valence-corrected chi connectivity index (χ3v) is 10.2. The van der Waals surface area contributed by atoms with Crippen LogP contribution in [0.3, 0.4) is 0 Å². The lowest BCUT2D eigenvalue weighted by molar-refractivity contribution is -0.114. The second kappa shape index (κ2) is 10.2. The van der Waals surface area contributed by atoms with Gasteiger partial charge < -0.3 is 19.7 Å². The number of ether oxygens (including phenoxy) is 2. The van der Waals surface area contributed by atoms with Crippen LogP contribution in [-0.2, 0) is 27.9 Å². The molecule has 4 aliphatic rings. The van der Waals surface area contributed by atoms with Gasteiger partial charge in [-0.05, 0) is 69.4 Å². The predicted molar refractivity (Wildman–Crippen MR) is 138 cm³/mol. The number of rotatable bonds is 6. The maximum absolute atomic E-state index is 12.7. The molecule has 3 fully saturated rings. The van der Waals surface area contributed by atoms with E-state index in [-0.39, 0.29) is 23.6 Å². The van der Waals surface area contributed by atoms with E-state index in [4.69, 9.17) is 9.47 Å². The Balaban J connectivity index is 0.981. The summed E-state index contributed by atoms with van der Waals surface area (Å²) < 4.78 is 13.8. The van der Waals surface area contributed by atoms with E-state index in [1.54, 1.807) is 11.1 Å². The number of piperidine rings is 1. The van der Waals surface area contributed by atoms with Crippen molar-refractivity contribution in [1.82, 2.24) is 25.2 Å². The van der Waals surface area contributed by atoms with Gasteiger partial charge in [-0.1, -0.05) is 12.1 Å². The molecule has 5 heterocycles. The van der Waals surface area contributed by atoms with Gasteiger partial charge in [-0.25, -0.2) is 4.68 Å². The Morgan fingerprint density at radius 3 is 2.89 bits per heavy atom. The minimum atomic E-state index is -0.0995. The molecule has 1 aliphatic carbocycles. The average Bonchev–Trinajstić information content (AvgIpc) is 3.53. The number of nitrogens with zero attached hydrogens (tertiary/aromatic N) is 4. The van der Waals surface area contributed by atoms with Gasteiger partial charge in [0.05, 0.1) is 24.4 Å². The standard InChI is InChI=1S/C27H39N5O3S/c1-3-22-14-23-25(36-22)6-11-35-27(23)7-8-31(18(2)15-27)16-19-12-20(13-19)28-26(33)24-17-32(30-29-24)21-4-9-34-10-5-21/h14,17-21H,3-13,15-16H2,1-2H3,(H,28,33)/t18-,19?,20?,27+/m0/s1. The van der Waals surface area contributed by atoms with Crippen molar-refractivity contribution in [2.24, 2.45) is 5.92 Å². The summed E-state index contributed by atoms with van der Waals surface area (Å²) in [6.07, 6.45) is 10.1. The Labute approximate surface area is 217 Å². The van der Waals surface area contributed by atoms with Gasteiger partial charge in [0.15, 0.2) is 5.69 Å². The van der Waals surface area contributed by atoms with E-state index in [1.165, 1.54) is 10.4 Å². The normalized spacial score (nSPS) is 31.2. The topological polar surface area (TPSA) is 81.5 Å². The highest BCUT2D eigenvalue weighted by molar-refractivity contribution is 7.12. The van der Waals surface area contributed by atoms with Crippen LogP contribution in [0.1, 0.15) is 84.2 Å². The number of aryl methyl sites for hydroxylation is 1. The molecule has 8 nitrogen and oxygen atoms in total. The molecule has 1 saturated carbocycles. The van der Waals surface area contributed by atoms with E-state index in [9.17, 15) is 4.79 Å². The first-order valence-electron chi connectivity index (χ1n) is 13.8. The number of hydrogen-bond donors (Lipinski definition) is 1. The minimum Gasteiger partial charge on any atom is -0.381 e. The van der Waals surface area contributed by atoms with E-state index in [2.05, 4.69) is 40.4 Å². The number of amides is 1. The SMILES string of the molecule is CCc1cc2c(s1)CCO[C@@]21CCN(CC2CC(NC(=O)c3cn(C4CCOCC4)nn3)C2)[C@@H](C)C1. The fraction of sp³-hybridized carbons (Fsp3) is 0.741. The van der Waals surface area contributed by atoms with Crippen molar-refractivity contribution < 1.29 is 14.3 Å². The molecule has 0 radical (unpaired) electrons. The molecule has 0 bridgehead atoms. The molecule has 2 atom stereocenters. The summed E-state index contributed by atoms with van der Waals surface area (Å²) in [5.41, 5.74) is 1.83.